The van der Waals surface area contributed by atoms with E-state index in [0.29, 0.717) is 11.1 Å². The number of ether oxygens (including phenoxy) is 1. The number of aliphatic hydroxyl groups excluding tert-OH is 2. The first-order valence-electron chi connectivity index (χ1n) is 4.25. The first-order valence-corrected chi connectivity index (χ1v) is 4.25. The number of aliphatic hydroxyl groups is 2. The van der Waals surface area contributed by atoms with E-state index in [1.165, 1.54) is 7.11 Å². The van der Waals surface area contributed by atoms with Gasteiger partial charge in [-0.2, -0.15) is 0 Å². The number of carbonyl (C=O) groups is 1. The van der Waals surface area contributed by atoms with Gasteiger partial charge in [-0.05, 0) is 19.4 Å². The van der Waals surface area contributed by atoms with E-state index < -0.39 is 12.1 Å². The molecule has 0 aromatic carbocycles. The Morgan fingerprint density at radius 1 is 1.43 bits per heavy atom. The number of esters is 1. The first kappa shape index (κ1) is 12.9. The molecule has 0 spiro atoms. The normalized spacial score (nSPS) is 15.2. The molecule has 14 heavy (non-hydrogen) atoms. The summed E-state index contributed by atoms with van der Waals surface area (Å²) in [6.45, 7) is 2.95. The van der Waals surface area contributed by atoms with Crippen molar-refractivity contribution in [3.8, 4) is 0 Å². The maximum atomic E-state index is 10.9. The number of hydrogen-bond acceptors (Lipinski definition) is 4. The molecule has 0 aliphatic carbocycles. The van der Waals surface area contributed by atoms with E-state index in [9.17, 15) is 9.90 Å². The molecule has 80 valence electrons. The van der Waals surface area contributed by atoms with Crippen molar-refractivity contribution >= 4 is 5.97 Å². The van der Waals surface area contributed by atoms with E-state index in [-0.39, 0.29) is 6.61 Å². The lowest BCUT2D eigenvalue weighted by Gasteiger charge is -2.05. The van der Waals surface area contributed by atoms with Gasteiger partial charge in [0.15, 0.2) is 0 Å². The van der Waals surface area contributed by atoms with Crippen molar-refractivity contribution in [3.05, 3.63) is 23.3 Å². The summed E-state index contributed by atoms with van der Waals surface area (Å²) in [7, 11) is 1.30. The van der Waals surface area contributed by atoms with Gasteiger partial charge in [0.25, 0.3) is 0 Å². The standard InChI is InChI=1S/C10H16O4/c1-7(9(12)6-11)4-5-8(2)10(13)14-3/h4-5,9,11-12H,6H2,1-3H3/b7-4-,8-5+/t9-/m1/s1. The van der Waals surface area contributed by atoms with Crippen LogP contribution in [-0.4, -0.2) is 36.0 Å². The van der Waals surface area contributed by atoms with E-state index in [0.717, 1.165) is 0 Å². The zero-order valence-corrected chi connectivity index (χ0v) is 8.65. The van der Waals surface area contributed by atoms with Crippen LogP contribution in [0.1, 0.15) is 13.8 Å². The van der Waals surface area contributed by atoms with Gasteiger partial charge in [0.05, 0.1) is 19.8 Å². The van der Waals surface area contributed by atoms with E-state index in [1.54, 1.807) is 26.0 Å². The quantitative estimate of drug-likeness (QED) is 0.392. The van der Waals surface area contributed by atoms with E-state index in [1.807, 2.05) is 0 Å². The first-order chi connectivity index (χ1) is 6.52. The maximum Gasteiger partial charge on any atom is 0.333 e. The van der Waals surface area contributed by atoms with Gasteiger partial charge >= 0.3 is 5.97 Å². The molecule has 0 aliphatic heterocycles. The molecule has 0 aromatic heterocycles. The summed E-state index contributed by atoms with van der Waals surface area (Å²) >= 11 is 0. The predicted molar refractivity (Wildman–Crippen MR) is 52.6 cm³/mol. The molecule has 0 aliphatic rings. The highest BCUT2D eigenvalue weighted by Gasteiger charge is 2.04. The van der Waals surface area contributed by atoms with Crippen molar-refractivity contribution in [2.75, 3.05) is 13.7 Å². The minimum atomic E-state index is -0.878. The van der Waals surface area contributed by atoms with Crippen molar-refractivity contribution in [1.82, 2.24) is 0 Å². The zero-order valence-electron chi connectivity index (χ0n) is 8.65. The fraction of sp³-hybridized carbons (Fsp3) is 0.500. The fourth-order valence-electron chi connectivity index (χ4n) is 0.741. The van der Waals surface area contributed by atoms with Gasteiger partial charge in [-0.1, -0.05) is 12.2 Å². The highest BCUT2D eigenvalue weighted by Crippen LogP contribution is 2.03. The lowest BCUT2D eigenvalue weighted by atomic mass is 10.1. The van der Waals surface area contributed by atoms with Crippen molar-refractivity contribution in [1.29, 1.82) is 0 Å². The third-order valence-electron chi connectivity index (χ3n) is 1.80. The van der Waals surface area contributed by atoms with Crippen LogP contribution >= 0.6 is 0 Å². The number of hydrogen-bond donors (Lipinski definition) is 2. The number of allylic oxidation sites excluding steroid dienone is 2. The zero-order chi connectivity index (χ0) is 11.1. The molecule has 0 saturated carbocycles. The maximum absolute atomic E-state index is 10.9. The van der Waals surface area contributed by atoms with Gasteiger partial charge in [-0.3, -0.25) is 0 Å². The third-order valence-corrected chi connectivity index (χ3v) is 1.80. The molecule has 4 heteroatoms. The highest BCUT2D eigenvalue weighted by molar-refractivity contribution is 5.87. The molecule has 0 heterocycles. The predicted octanol–water partition coefficient (Wildman–Crippen LogP) is 0.405. The van der Waals surface area contributed by atoms with Gasteiger partial charge in [0.1, 0.15) is 0 Å². The molecule has 0 rings (SSSR count). The monoisotopic (exact) mass is 200 g/mol. The molecular weight excluding hydrogens is 184 g/mol. The topological polar surface area (TPSA) is 66.8 Å². The van der Waals surface area contributed by atoms with Crippen molar-refractivity contribution < 1.29 is 19.7 Å². The summed E-state index contributed by atoms with van der Waals surface area (Å²) in [5.41, 5.74) is 1.03. The molecule has 0 saturated heterocycles. The minimum Gasteiger partial charge on any atom is -0.466 e. The van der Waals surface area contributed by atoms with Crippen LogP contribution in [0, 0.1) is 0 Å². The van der Waals surface area contributed by atoms with Crippen molar-refractivity contribution in [2.45, 2.75) is 20.0 Å². The van der Waals surface area contributed by atoms with Crippen LogP contribution in [0.5, 0.6) is 0 Å². The average molecular weight is 200 g/mol. The van der Waals surface area contributed by atoms with E-state index in [4.69, 9.17) is 5.11 Å². The van der Waals surface area contributed by atoms with Crippen molar-refractivity contribution in [3.63, 3.8) is 0 Å². The molecule has 0 fully saturated rings. The lowest BCUT2D eigenvalue weighted by molar-refractivity contribution is -0.136. The lowest BCUT2D eigenvalue weighted by Crippen LogP contribution is -2.12. The molecule has 0 amide bonds. The van der Waals surface area contributed by atoms with Crippen LogP contribution in [0.25, 0.3) is 0 Å². The highest BCUT2D eigenvalue weighted by atomic mass is 16.5. The summed E-state index contributed by atoms with van der Waals surface area (Å²) in [6.07, 6.45) is 2.24. The van der Waals surface area contributed by atoms with Crippen molar-refractivity contribution in [2.24, 2.45) is 0 Å². The molecule has 0 aromatic rings. The molecule has 4 nitrogen and oxygen atoms in total. The molecule has 0 unspecified atom stereocenters. The van der Waals surface area contributed by atoms with Crippen LogP contribution < -0.4 is 0 Å². The summed E-state index contributed by atoms with van der Waals surface area (Å²) in [5.74, 6) is -0.410. The van der Waals surface area contributed by atoms with Crippen LogP contribution in [0.15, 0.2) is 23.3 Å². The molecule has 2 N–H and O–H groups in total. The SMILES string of the molecule is COC(=O)/C(C)=C/C=C(/C)[C@H](O)CO. The summed E-state index contributed by atoms with van der Waals surface area (Å²) in [4.78, 5) is 10.9. The van der Waals surface area contributed by atoms with E-state index >= 15 is 0 Å². The van der Waals surface area contributed by atoms with Crippen LogP contribution in [0.3, 0.4) is 0 Å². The van der Waals surface area contributed by atoms with Crippen LogP contribution in [0.2, 0.25) is 0 Å². The van der Waals surface area contributed by atoms with Crippen LogP contribution in [-0.2, 0) is 9.53 Å². The second-order valence-electron chi connectivity index (χ2n) is 2.95. The Bertz CT molecular complexity index is 253. The van der Waals surface area contributed by atoms with Crippen LogP contribution in [0.4, 0.5) is 0 Å². The summed E-state index contributed by atoms with van der Waals surface area (Å²) < 4.78 is 4.48. The molecule has 0 bridgehead atoms. The number of rotatable bonds is 4. The Morgan fingerprint density at radius 2 is 2.00 bits per heavy atom. The average Bonchev–Trinajstić information content (AvgIpc) is 2.22. The second-order valence-corrected chi connectivity index (χ2v) is 2.95. The Kier molecular flexibility index (Phi) is 5.83. The van der Waals surface area contributed by atoms with Gasteiger partial charge in [-0.15, -0.1) is 0 Å². The number of methoxy groups -OCH3 is 1. The Morgan fingerprint density at radius 3 is 2.43 bits per heavy atom. The van der Waals surface area contributed by atoms with E-state index in [2.05, 4.69) is 4.74 Å². The summed E-state index contributed by atoms with van der Waals surface area (Å²) in [5, 5.41) is 17.8. The summed E-state index contributed by atoms with van der Waals surface area (Å²) in [6, 6.07) is 0. The third kappa shape index (κ3) is 4.20. The van der Waals surface area contributed by atoms with Gasteiger partial charge < -0.3 is 14.9 Å². The minimum absolute atomic E-state index is 0.326. The second kappa shape index (κ2) is 6.34. The Hall–Kier alpha value is -1.13. The molecular formula is C10H16O4. The smallest absolute Gasteiger partial charge is 0.333 e. The number of carbonyl (C=O) groups excluding carboxylic acids is 1. The Labute approximate surface area is 83.5 Å². The fourth-order valence-corrected chi connectivity index (χ4v) is 0.741. The largest absolute Gasteiger partial charge is 0.466 e. The molecule has 0 radical (unpaired) electrons. The van der Waals surface area contributed by atoms with Gasteiger partial charge in [-0.25, -0.2) is 4.79 Å². The van der Waals surface area contributed by atoms with Gasteiger partial charge in [0, 0.05) is 5.57 Å². The molecule has 1 atom stereocenters. The Balaban J connectivity index is 4.45. The van der Waals surface area contributed by atoms with Gasteiger partial charge in [0.2, 0.25) is 0 Å².